The van der Waals surface area contributed by atoms with Crippen LogP contribution in [-0.2, 0) is 9.13 Å². The van der Waals surface area contributed by atoms with E-state index >= 15 is 0 Å². The fourth-order valence-electron chi connectivity index (χ4n) is 3.52. The molecule has 11 heteroatoms. The average molecular weight is 514 g/mol. The number of anilines is 2. The first-order valence-corrected chi connectivity index (χ1v) is 15.9. The number of nitrogens with one attached hydrogen (secondary N) is 1. The Hall–Kier alpha value is -2.14. The van der Waals surface area contributed by atoms with Crippen molar-refractivity contribution in [1.82, 2.24) is 9.97 Å². The molecule has 0 aliphatic carbocycles. The van der Waals surface area contributed by atoms with Crippen molar-refractivity contribution in [3.8, 4) is 11.5 Å². The monoisotopic (exact) mass is 513 g/mol. The van der Waals surface area contributed by atoms with Crippen LogP contribution < -0.4 is 14.8 Å². The van der Waals surface area contributed by atoms with Gasteiger partial charge in [-0.05, 0) is 50.7 Å². The van der Waals surface area contributed by atoms with Crippen molar-refractivity contribution in [1.29, 1.82) is 0 Å². The van der Waals surface area contributed by atoms with Crippen LogP contribution in [0.1, 0.15) is 6.42 Å². The summed E-state index contributed by atoms with van der Waals surface area (Å²) in [4.78, 5) is 8.59. The van der Waals surface area contributed by atoms with E-state index in [0.717, 1.165) is 0 Å². The molecule has 0 saturated heterocycles. The lowest BCUT2D eigenvalue weighted by Gasteiger charge is -2.17. The fraction of sp³-hybridized carbons (Fsp3) is 0.364. The normalized spacial score (nSPS) is 13.5. The zero-order valence-electron chi connectivity index (χ0n) is 19.0. The van der Waals surface area contributed by atoms with Crippen LogP contribution in [0.3, 0.4) is 0 Å². The first-order chi connectivity index (χ1) is 15.5. The molecule has 0 saturated carbocycles. The molecule has 1 atom stereocenters. The number of rotatable bonds is 10. The van der Waals surface area contributed by atoms with Gasteiger partial charge in [-0.15, -0.1) is 0 Å². The van der Waals surface area contributed by atoms with Crippen LogP contribution in [0, 0.1) is 5.82 Å². The molecule has 3 aromatic rings. The first kappa shape index (κ1) is 25.5. The summed E-state index contributed by atoms with van der Waals surface area (Å²) in [5.41, 5.74) is 1.20. The SMILES string of the molecule is COc1cc2ncnc(Nc3ccc(F)c(Cl)c3)c2cc1OCCCP(C)(=O)CP(C)(C)=O. The Labute approximate surface area is 197 Å². The highest BCUT2D eigenvalue weighted by atomic mass is 35.5. The van der Waals surface area contributed by atoms with Gasteiger partial charge in [0, 0.05) is 23.3 Å². The lowest BCUT2D eigenvalue weighted by atomic mass is 10.2. The number of fused-ring (bicyclic) bond motifs is 1. The summed E-state index contributed by atoms with van der Waals surface area (Å²) in [6.07, 6.45) is 2.42. The van der Waals surface area contributed by atoms with E-state index in [2.05, 4.69) is 15.3 Å². The van der Waals surface area contributed by atoms with Crippen LogP contribution in [0.15, 0.2) is 36.7 Å². The Kier molecular flexibility index (Phi) is 8.04. The third kappa shape index (κ3) is 7.17. The molecule has 1 aromatic heterocycles. The smallest absolute Gasteiger partial charge is 0.162 e. The molecule has 2 aromatic carbocycles. The van der Waals surface area contributed by atoms with Crippen LogP contribution in [0.2, 0.25) is 5.02 Å². The Morgan fingerprint density at radius 2 is 1.85 bits per heavy atom. The van der Waals surface area contributed by atoms with Gasteiger partial charge < -0.3 is 23.9 Å². The second-order valence-corrected chi connectivity index (χ2v) is 16.2. The summed E-state index contributed by atoms with van der Waals surface area (Å²) in [5.74, 6) is 1.24. The Morgan fingerprint density at radius 3 is 2.52 bits per heavy atom. The minimum Gasteiger partial charge on any atom is -0.493 e. The number of aromatic nitrogens is 2. The number of hydrogen-bond acceptors (Lipinski definition) is 7. The van der Waals surface area contributed by atoms with Crippen molar-refractivity contribution in [3.63, 3.8) is 0 Å². The third-order valence-corrected chi connectivity index (χ3v) is 11.4. The minimum atomic E-state index is -2.49. The molecule has 1 unspecified atom stereocenters. The van der Waals surface area contributed by atoms with E-state index in [0.29, 0.717) is 53.1 Å². The van der Waals surface area contributed by atoms with Gasteiger partial charge >= 0.3 is 0 Å². The molecule has 178 valence electrons. The maximum atomic E-state index is 13.5. The van der Waals surface area contributed by atoms with Gasteiger partial charge in [0.05, 0.1) is 44.4 Å². The van der Waals surface area contributed by atoms with Crippen molar-refractivity contribution in [2.75, 3.05) is 51.1 Å². The van der Waals surface area contributed by atoms with Crippen LogP contribution in [0.25, 0.3) is 10.9 Å². The topological polar surface area (TPSA) is 90.4 Å². The van der Waals surface area contributed by atoms with Gasteiger partial charge in [-0.25, -0.2) is 14.4 Å². The maximum Gasteiger partial charge on any atom is 0.162 e. The fourth-order valence-corrected chi connectivity index (χ4v) is 10.8. The zero-order valence-corrected chi connectivity index (χ0v) is 21.5. The lowest BCUT2D eigenvalue weighted by molar-refractivity contribution is 0.295. The molecule has 0 aliphatic rings. The third-order valence-electron chi connectivity index (χ3n) is 4.78. The molecule has 0 fully saturated rings. The standard InChI is InChI=1S/C22H27ClFN3O4P2/c1-30-20-12-19-16(11-21(20)31-8-5-9-33(4,29)14-32(2,3)28)22(26-13-25-19)27-15-6-7-18(24)17(23)10-15/h6-7,10-13H,5,8-9,14H2,1-4H3,(H,25,26,27). The van der Waals surface area contributed by atoms with Gasteiger partial charge in [0.25, 0.3) is 0 Å². The Morgan fingerprint density at radius 1 is 1.09 bits per heavy atom. The molecule has 1 N–H and O–H groups in total. The largest absolute Gasteiger partial charge is 0.493 e. The van der Waals surface area contributed by atoms with Crippen molar-refractivity contribution in [3.05, 3.63) is 47.5 Å². The van der Waals surface area contributed by atoms with Crippen LogP contribution in [-0.4, -0.2) is 55.7 Å². The molecule has 0 bridgehead atoms. The van der Waals surface area contributed by atoms with Crippen molar-refractivity contribution >= 4 is 48.3 Å². The molecule has 3 rings (SSSR count). The van der Waals surface area contributed by atoms with E-state index in [4.69, 9.17) is 21.1 Å². The molecular formula is C22H27ClFN3O4P2. The summed E-state index contributed by atoms with van der Waals surface area (Å²) >= 11 is 5.88. The minimum absolute atomic E-state index is 0.000216. The van der Waals surface area contributed by atoms with Gasteiger partial charge in [0.15, 0.2) is 11.5 Å². The van der Waals surface area contributed by atoms with E-state index in [-0.39, 0.29) is 10.9 Å². The highest BCUT2D eigenvalue weighted by Gasteiger charge is 2.22. The summed E-state index contributed by atoms with van der Waals surface area (Å²) in [6, 6.07) is 7.81. The van der Waals surface area contributed by atoms with Gasteiger partial charge in [0.2, 0.25) is 0 Å². The van der Waals surface area contributed by atoms with Crippen LogP contribution in [0.4, 0.5) is 15.9 Å². The second kappa shape index (κ2) is 10.4. The van der Waals surface area contributed by atoms with E-state index < -0.39 is 20.1 Å². The maximum absolute atomic E-state index is 13.5. The second-order valence-electron chi connectivity index (χ2n) is 8.43. The number of methoxy groups -OCH3 is 1. The van der Waals surface area contributed by atoms with Gasteiger partial charge in [0.1, 0.15) is 18.0 Å². The number of halogens is 2. The van der Waals surface area contributed by atoms with E-state index in [9.17, 15) is 13.5 Å². The van der Waals surface area contributed by atoms with Crippen molar-refractivity contribution < 1.29 is 23.0 Å². The summed E-state index contributed by atoms with van der Waals surface area (Å²) < 4.78 is 49.6. The number of benzene rings is 2. The number of hydrogen-bond donors (Lipinski definition) is 1. The first-order valence-electron chi connectivity index (χ1n) is 10.2. The predicted molar refractivity (Wildman–Crippen MR) is 134 cm³/mol. The molecular weight excluding hydrogens is 487 g/mol. The summed E-state index contributed by atoms with van der Waals surface area (Å²) in [5, 5.41) is 3.80. The molecule has 7 nitrogen and oxygen atoms in total. The molecule has 33 heavy (non-hydrogen) atoms. The zero-order chi connectivity index (χ0) is 24.2. The molecule has 0 radical (unpaired) electrons. The lowest BCUT2D eigenvalue weighted by Crippen LogP contribution is -2.04. The van der Waals surface area contributed by atoms with Gasteiger partial charge in [-0.3, -0.25) is 0 Å². The van der Waals surface area contributed by atoms with E-state index in [1.807, 2.05) is 0 Å². The molecule has 0 spiro atoms. The summed E-state index contributed by atoms with van der Waals surface area (Å²) in [7, 11) is -3.30. The van der Waals surface area contributed by atoms with Gasteiger partial charge in [-0.1, -0.05) is 11.6 Å². The highest BCUT2D eigenvalue weighted by molar-refractivity contribution is 7.79. The van der Waals surface area contributed by atoms with Crippen molar-refractivity contribution in [2.45, 2.75) is 6.42 Å². The number of nitrogens with zero attached hydrogens (tertiary/aromatic N) is 2. The quantitative estimate of drug-likeness (QED) is 0.244. The van der Waals surface area contributed by atoms with Crippen LogP contribution in [0.5, 0.6) is 11.5 Å². The molecule has 0 amide bonds. The molecule has 0 aliphatic heterocycles. The van der Waals surface area contributed by atoms with Crippen molar-refractivity contribution in [2.24, 2.45) is 0 Å². The average Bonchev–Trinajstić information content (AvgIpc) is 2.72. The highest BCUT2D eigenvalue weighted by Crippen LogP contribution is 2.55. The Balaban J connectivity index is 1.79. The van der Waals surface area contributed by atoms with Crippen LogP contribution >= 0.6 is 25.9 Å². The summed E-state index contributed by atoms with van der Waals surface area (Å²) in [6.45, 7) is 5.34. The van der Waals surface area contributed by atoms with Gasteiger partial charge in [-0.2, -0.15) is 0 Å². The van der Waals surface area contributed by atoms with E-state index in [1.54, 1.807) is 38.2 Å². The predicted octanol–water partition coefficient (Wildman–Crippen LogP) is 6.52. The molecule has 1 heterocycles. The number of ether oxygens (including phenoxy) is 2. The Bertz CT molecular complexity index is 1250. The van der Waals surface area contributed by atoms with E-state index in [1.165, 1.54) is 25.6 Å².